The van der Waals surface area contributed by atoms with E-state index in [1.54, 1.807) is 48.6 Å². The van der Waals surface area contributed by atoms with E-state index in [4.69, 9.17) is 4.74 Å². The monoisotopic (exact) mass is 532 g/mol. The summed E-state index contributed by atoms with van der Waals surface area (Å²) in [6.07, 6.45) is 1.77. The smallest absolute Gasteiger partial charge is 0.333 e. The van der Waals surface area contributed by atoms with Crippen LogP contribution in [0.5, 0.6) is 0 Å². The summed E-state index contributed by atoms with van der Waals surface area (Å²) in [7, 11) is 1.71. The molecule has 37 heavy (non-hydrogen) atoms. The van der Waals surface area contributed by atoms with E-state index < -0.39 is 22.3 Å². The molecule has 0 radical (unpaired) electrons. The fourth-order valence-electron chi connectivity index (χ4n) is 4.22. The molecule has 1 aliphatic rings. The minimum Gasteiger partial charge on any atom is -0.463 e. The van der Waals surface area contributed by atoms with Gasteiger partial charge >= 0.3 is 12.0 Å². The van der Waals surface area contributed by atoms with Crippen molar-refractivity contribution in [3.63, 3.8) is 0 Å². The summed E-state index contributed by atoms with van der Waals surface area (Å²) < 4.78 is 5.11. The van der Waals surface area contributed by atoms with E-state index >= 15 is 0 Å². The topological polar surface area (TPSA) is 91.0 Å². The molecule has 0 saturated carbocycles. The lowest BCUT2D eigenvalue weighted by molar-refractivity contribution is -0.139. The molecule has 2 rings (SSSR count). The molecule has 1 unspecified atom stereocenters. The van der Waals surface area contributed by atoms with Crippen LogP contribution in [-0.2, 0) is 14.3 Å². The summed E-state index contributed by atoms with van der Waals surface area (Å²) in [6.45, 7) is 17.5. The van der Waals surface area contributed by atoms with Crippen molar-refractivity contribution in [3.8, 4) is 0 Å². The molecule has 1 aliphatic heterocycles. The average molecular weight is 533 g/mol. The zero-order chi connectivity index (χ0) is 28.1. The van der Waals surface area contributed by atoms with Gasteiger partial charge in [0.15, 0.2) is 0 Å². The number of likely N-dealkylation sites (N-methyl/N-ethyl adjacent to an activating group) is 1. The largest absolute Gasteiger partial charge is 0.463 e. The highest BCUT2D eigenvalue weighted by molar-refractivity contribution is 8.01. The second-order valence-corrected chi connectivity index (χ2v) is 13.0. The van der Waals surface area contributed by atoms with Gasteiger partial charge in [0.05, 0.1) is 18.0 Å². The number of hydrogen-bond acceptors (Lipinski definition) is 6. The molecule has 206 valence electrons. The number of hydrogen-bond donors (Lipinski definition) is 2. The number of amides is 3. The standard InChI is InChI=1S/C28H44N4O4S/c1-11-36-25(34)19(4)17-21(18(2)3)31(10)24(33)22(27(5,6)7)29-26(35)32-28(8,9)37-23(30-32)20-15-13-12-14-16-20/h12-18,21-23,30H,11H2,1-10H3,(H,29,35)/b19-17+/t21-,22-,23?/m1/s1. The molecule has 0 spiro atoms. The van der Waals surface area contributed by atoms with Crippen LogP contribution in [0, 0.1) is 11.3 Å². The molecule has 2 N–H and O–H groups in total. The molecule has 3 amide bonds. The summed E-state index contributed by atoms with van der Waals surface area (Å²) in [5.74, 6) is -0.587. The SMILES string of the molecule is CCOC(=O)/C(C)=C/[C@H](C(C)C)N(C)C(=O)[C@@H](NC(=O)N1NC(c2ccccc2)SC1(C)C)C(C)(C)C. The van der Waals surface area contributed by atoms with Crippen molar-refractivity contribution in [2.24, 2.45) is 11.3 Å². The van der Waals surface area contributed by atoms with Crippen LogP contribution in [-0.4, -0.2) is 58.4 Å². The quantitative estimate of drug-likeness (QED) is 0.358. The molecule has 9 heteroatoms. The predicted octanol–water partition coefficient (Wildman–Crippen LogP) is 5.09. The van der Waals surface area contributed by atoms with Crippen LogP contribution in [0.2, 0.25) is 0 Å². The Labute approximate surface area is 226 Å². The number of urea groups is 1. The molecule has 1 saturated heterocycles. The molecule has 1 aromatic carbocycles. The van der Waals surface area contributed by atoms with Crippen molar-refractivity contribution in [2.75, 3.05) is 13.7 Å². The van der Waals surface area contributed by atoms with Gasteiger partial charge < -0.3 is 15.0 Å². The second-order valence-electron chi connectivity index (χ2n) is 11.3. The van der Waals surface area contributed by atoms with E-state index in [9.17, 15) is 14.4 Å². The number of benzene rings is 1. The number of ether oxygens (including phenoxy) is 1. The summed E-state index contributed by atoms with van der Waals surface area (Å²) in [5, 5.41) is 4.49. The third-order valence-electron chi connectivity index (χ3n) is 6.37. The Bertz CT molecular complexity index is 988. The maximum atomic E-state index is 13.8. The highest BCUT2D eigenvalue weighted by atomic mass is 32.2. The molecule has 0 aromatic heterocycles. The Hall–Kier alpha value is -2.52. The predicted molar refractivity (Wildman–Crippen MR) is 149 cm³/mol. The highest BCUT2D eigenvalue weighted by Gasteiger charge is 2.45. The summed E-state index contributed by atoms with van der Waals surface area (Å²) >= 11 is 1.64. The zero-order valence-corrected chi connectivity index (χ0v) is 24.7. The van der Waals surface area contributed by atoms with Crippen LogP contribution in [0.4, 0.5) is 4.79 Å². The van der Waals surface area contributed by atoms with Crippen molar-refractivity contribution < 1.29 is 19.1 Å². The summed E-state index contributed by atoms with van der Waals surface area (Å²) in [4.78, 5) is 40.7. The number of carbonyl (C=O) groups is 3. The van der Waals surface area contributed by atoms with Crippen LogP contribution >= 0.6 is 11.8 Å². The van der Waals surface area contributed by atoms with Gasteiger partial charge in [0, 0.05) is 12.6 Å². The molecule has 1 aromatic rings. The van der Waals surface area contributed by atoms with Gasteiger partial charge in [-0.1, -0.05) is 71.0 Å². The number of hydrazine groups is 1. The normalized spacial score (nSPS) is 19.4. The fourth-order valence-corrected chi connectivity index (χ4v) is 5.49. The van der Waals surface area contributed by atoms with E-state index in [1.807, 2.05) is 78.8 Å². The Morgan fingerprint density at radius 1 is 1.22 bits per heavy atom. The molecular weight excluding hydrogens is 488 g/mol. The first-order valence-electron chi connectivity index (χ1n) is 12.8. The van der Waals surface area contributed by atoms with Crippen LogP contribution in [0.3, 0.4) is 0 Å². The zero-order valence-electron chi connectivity index (χ0n) is 23.9. The van der Waals surface area contributed by atoms with Gasteiger partial charge in [0.2, 0.25) is 5.91 Å². The first-order chi connectivity index (χ1) is 17.1. The molecule has 0 aliphatic carbocycles. The third kappa shape index (κ3) is 7.74. The van der Waals surface area contributed by atoms with E-state index in [2.05, 4.69) is 10.7 Å². The Morgan fingerprint density at radius 2 is 1.81 bits per heavy atom. The number of esters is 1. The maximum Gasteiger partial charge on any atom is 0.333 e. The summed E-state index contributed by atoms with van der Waals surface area (Å²) in [6, 6.07) is 8.45. The number of thioether (sulfide) groups is 1. The number of nitrogens with one attached hydrogen (secondary N) is 2. The van der Waals surface area contributed by atoms with Gasteiger partial charge in [0.1, 0.15) is 10.9 Å². The second kappa shape index (κ2) is 12.3. The van der Waals surface area contributed by atoms with Crippen LogP contribution in [0.25, 0.3) is 0 Å². The van der Waals surface area contributed by atoms with Crippen molar-refractivity contribution in [1.82, 2.24) is 20.7 Å². The summed E-state index contributed by atoms with van der Waals surface area (Å²) in [5.41, 5.74) is 4.27. The van der Waals surface area contributed by atoms with Crippen molar-refractivity contribution in [1.29, 1.82) is 0 Å². The Balaban J connectivity index is 2.27. The lowest BCUT2D eigenvalue weighted by Crippen LogP contribution is -2.61. The molecule has 8 nitrogen and oxygen atoms in total. The minimum absolute atomic E-state index is 0.0388. The molecule has 1 heterocycles. The van der Waals surface area contributed by atoms with E-state index in [0.717, 1.165) is 5.56 Å². The molecular formula is C28H44N4O4S. The number of nitrogens with zero attached hydrogens (tertiary/aromatic N) is 2. The van der Waals surface area contributed by atoms with Gasteiger partial charge in [0.25, 0.3) is 0 Å². The first-order valence-corrected chi connectivity index (χ1v) is 13.7. The van der Waals surface area contributed by atoms with Gasteiger partial charge in [-0.25, -0.2) is 20.0 Å². The Kier molecular flexibility index (Phi) is 10.2. The van der Waals surface area contributed by atoms with E-state index in [-0.39, 0.29) is 35.9 Å². The number of carbonyl (C=O) groups excluding carboxylic acids is 3. The highest BCUT2D eigenvalue weighted by Crippen LogP contribution is 2.44. The van der Waals surface area contributed by atoms with Crippen molar-refractivity contribution in [3.05, 3.63) is 47.5 Å². The van der Waals surface area contributed by atoms with E-state index in [1.165, 1.54) is 0 Å². The first kappa shape index (κ1) is 30.7. The fraction of sp³-hybridized carbons (Fsp3) is 0.607. The Morgan fingerprint density at radius 3 is 2.32 bits per heavy atom. The minimum atomic E-state index is -0.791. The number of rotatable bonds is 8. The maximum absolute atomic E-state index is 13.8. The van der Waals surface area contributed by atoms with Crippen LogP contribution in [0.1, 0.15) is 73.3 Å². The van der Waals surface area contributed by atoms with Gasteiger partial charge in [-0.15, -0.1) is 11.8 Å². The lowest BCUT2D eigenvalue weighted by Gasteiger charge is -2.39. The molecule has 0 bridgehead atoms. The van der Waals surface area contributed by atoms with Crippen molar-refractivity contribution in [2.45, 2.75) is 84.6 Å². The third-order valence-corrected chi connectivity index (χ3v) is 7.75. The van der Waals surface area contributed by atoms with Gasteiger partial charge in [-0.2, -0.15) is 0 Å². The average Bonchev–Trinajstić information content (AvgIpc) is 3.14. The van der Waals surface area contributed by atoms with Gasteiger partial charge in [-0.3, -0.25) is 4.79 Å². The molecule has 3 atom stereocenters. The lowest BCUT2D eigenvalue weighted by atomic mass is 9.85. The van der Waals surface area contributed by atoms with Gasteiger partial charge in [-0.05, 0) is 44.6 Å². The van der Waals surface area contributed by atoms with Crippen LogP contribution in [0.15, 0.2) is 42.0 Å². The molecule has 1 fully saturated rings. The van der Waals surface area contributed by atoms with Crippen molar-refractivity contribution >= 4 is 29.7 Å². The van der Waals surface area contributed by atoms with E-state index in [0.29, 0.717) is 5.57 Å². The van der Waals surface area contributed by atoms with Crippen LogP contribution < -0.4 is 10.7 Å².